The summed E-state index contributed by atoms with van der Waals surface area (Å²) >= 11 is 0. The summed E-state index contributed by atoms with van der Waals surface area (Å²) < 4.78 is 31.6. The van der Waals surface area contributed by atoms with Crippen molar-refractivity contribution in [3.05, 3.63) is 127 Å². The van der Waals surface area contributed by atoms with Gasteiger partial charge in [-0.05, 0) is 97.1 Å². The van der Waals surface area contributed by atoms with Crippen LogP contribution < -0.4 is 37.1 Å². The third-order valence-electron chi connectivity index (χ3n) is 6.31. The molecule has 0 unspecified atom stereocenters. The van der Waals surface area contributed by atoms with Gasteiger partial charge in [-0.15, -0.1) is 0 Å². The highest BCUT2D eigenvalue weighted by atomic mass is 32.2. The third kappa shape index (κ3) is 8.39. The molecule has 5 rings (SSSR count). The van der Waals surface area contributed by atoms with Crippen LogP contribution in [0.1, 0.15) is 0 Å². The molecule has 0 saturated heterocycles. The lowest BCUT2D eigenvalue weighted by Crippen LogP contribution is -2.20. The van der Waals surface area contributed by atoms with Crippen LogP contribution in [0.15, 0.2) is 137 Å². The van der Waals surface area contributed by atoms with E-state index in [-0.39, 0.29) is 9.79 Å². The van der Waals surface area contributed by atoms with Gasteiger partial charge in [0.05, 0.1) is 9.79 Å². The van der Waals surface area contributed by atoms with Gasteiger partial charge in [0.1, 0.15) is 5.75 Å². The minimum Gasteiger partial charge on any atom is -0.410 e. The molecule has 0 bridgehead atoms. The van der Waals surface area contributed by atoms with E-state index < -0.39 is 28.0 Å². The van der Waals surface area contributed by atoms with Gasteiger partial charge in [-0.3, -0.25) is 5.32 Å². The molecule has 0 atom stereocenters. The van der Waals surface area contributed by atoms with Crippen LogP contribution >= 0.6 is 0 Å². The first kappa shape index (κ1) is 31.1. The maximum absolute atomic E-state index is 13.2. The first-order valence-corrected chi connectivity index (χ1v) is 15.2. The monoisotopic (exact) mass is 636 g/mol. The van der Waals surface area contributed by atoms with Crippen LogP contribution in [0, 0.1) is 0 Å². The first-order valence-electron chi connectivity index (χ1n) is 13.7. The summed E-state index contributed by atoms with van der Waals surface area (Å²) in [6, 6.07) is 32.0. The molecule has 232 valence electrons. The van der Waals surface area contributed by atoms with Gasteiger partial charge in [-0.1, -0.05) is 30.3 Å². The van der Waals surface area contributed by atoms with E-state index in [0.717, 1.165) is 0 Å². The second kappa shape index (κ2) is 14.0. The van der Waals surface area contributed by atoms with Gasteiger partial charge in [0.25, 0.3) is 0 Å². The molecule has 0 aliphatic heterocycles. The molecule has 7 N–H and O–H groups in total. The highest BCUT2D eigenvalue weighted by Crippen LogP contribution is 2.24. The number of nitrogens with two attached hydrogens (primary N) is 1. The Labute approximate surface area is 264 Å². The zero-order valence-corrected chi connectivity index (χ0v) is 24.9. The number of amides is 5. The van der Waals surface area contributed by atoms with Crippen LogP contribution in [0.3, 0.4) is 0 Å². The molecule has 0 saturated carbocycles. The summed E-state index contributed by atoms with van der Waals surface area (Å²) in [5.74, 6) is 0.384. The topological polar surface area (TPSA) is 181 Å². The average molecular weight is 637 g/mol. The van der Waals surface area contributed by atoms with Crippen molar-refractivity contribution in [1.29, 1.82) is 0 Å². The van der Waals surface area contributed by atoms with Gasteiger partial charge >= 0.3 is 18.2 Å². The summed E-state index contributed by atoms with van der Waals surface area (Å²) in [7, 11) is -3.88. The molecule has 12 nitrogen and oxygen atoms in total. The van der Waals surface area contributed by atoms with E-state index in [1.54, 1.807) is 78.9 Å². The zero-order chi connectivity index (χ0) is 32.5. The maximum atomic E-state index is 13.2. The number of para-hydroxylation sites is 1. The lowest BCUT2D eigenvalue weighted by Gasteiger charge is -2.11. The van der Waals surface area contributed by atoms with Gasteiger partial charge in [0.2, 0.25) is 9.84 Å². The van der Waals surface area contributed by atoms with Crippen LogP contribution in [-0.2, 0) is 9.84 Å². The van der Waals surface area contributed by atoms with Gasteiger partial charge < -0.3 is 31.7 Å². The Kier molecular flexibility index (Phi) is 9.44. The van der Waals surface area contributed by atoms with Crippen molar-refractivity contribution < 1.29 is 27.5 Å². The Morgan fingerprint density at radius 2 is 0.957 bits per heavy atom. The number of carbonyl (C=O) groups excluding carboxylic acids is 3. The maximum Gasteiger partial charge on any atom is 0.417 e. The highest BCUT2D eigenvalue weighted by molar-refractivity contribution is 7.91. The number of hydrogen-bond acceptors (Lipinski definition) is 7. The average Bonchev–Trinajstić information content (AvgIpc) is 3.02. The standard InChI is InChI=1S/C33H28N6O6S/c34-22-6-4-7-25(20-22)37-31(40)35-23-12-16-29(17-13-23)46(43,44)30-18-14-24(15-19-30)36-32(41)38-26-8-5-9-27(21-26)39-33(42)45-28-10-2-1-3-11-28/h1-21H,34H2,(H,39,42)(H2,35,37,40)(H2,36,38,41). The van der Waals surface area contributed by atoms with Crippen molar-refractivity contribution in [2.75, 3.05) is 32.3 Å². The Hall–Kier alpha value is -6.34. The molecular formula is C33H28N6O6S. The van der Waals surface area contributed by atoms with Crippen molar-refractivity contribution in [2.24, 2.45) is 0 Å². The quantitative estimate of drug-likeness (QED) is 0.0992. The van der Waals surface area contributed by atoms with Crippen molar-refractivity contribution >= 4 is 62.1 Å². The molecule has 0 heterocycles. The summed E-state index contributed by atoms with van der Waals surface area (Å²) in [5.41, 5.74) is 8.27. The fraction of sp³-hybridized carbons (Fsp3) is 0. The van der Waals surface area contributed by atoms with Gasteiger partial charge in [-0.25, -0.2) is 22.8 Å². The predicted octanol–water partition coefficient (Wildman–Crippen LogP) is 7.00. The van der Waals surface area contributed by atoms with Crippen molar-refractivity contribution in [1.82, 2.24) is 0 Å². The summed E-state index contributed by atoms with van der Waals surface area (Å²) in [4.78, 5) is 37.1. The summed E-state index contributed by atoms with van der Waals surface area (Å²) in [5, 5.41) is 13.2. The van der Waals surface area contributed by atoms with Crippen LogP contribution in [0.4, 0.5) is 48.5 Å². The number of rotatable bonds is 8. The summed E-state index contributed by atoms with van der Waals surface area (Å²) in [6.45, 7) is 0. The van der Waals surface area contributed by atoms with Crippen LogP contribution in [0.2, 0.25) is 0 Å². The second-order valence-corrected chi connectivity index (χ2v) is 11.7. The molecule has 0 aliphatic carbocycles. The highest BCUT2D eigenvalue weighted by Gasteiger charge is 2.18. The number of nitrogens with one attached hydrogen (secondary N) is 5. The fourth-order valence-electron chi connectivity index (χ4n) is 4.19. The number of carbonyl (C=O) groups is 3. The summed E-state index contributed by atoms with van der Waals surface area (Å²) in [6.07, 6.45) is -0.687. The number of urea groups is 2. The molecular weight excluding hydrogens is 608 g/mol. The van der Waals surface area contributed by atoms with Crippen molar-refractivity contribution in [3.8, 4) is 5.75 Å². The van der Waals surface area contributed by atoms with E-state index in [9.17, 15) is 22.8 Å². The molecule has 0 aliphatic rings. The van der Waals surface area contributed by atoms with E-state index in [2.05, 4.69) is 26.6 Å². The molecule has 0 fully saturated rings. The number of anilines is 6. The molecule has 5 aromatic rings. The minimum absolute atomic E-state index is 0.0136. The Morgan fingerprint density at radius 3 is 1.48 bits per heavy atom. The third-order valence-corrected chi connectivity index (χ3v) is 8.10. The Balaban J connectivity index is 1.14. The minimum atomic E-state index is -3.88. The normalized spacial score (nSPS) is 10.7. The molecule has 5 aromatic carbocycles. The number of benzene rings is 5. The number of sulfone groups is 1. The van der Waals surface area contributed by atoms with Gasteiger partial charge in [-0.2, -0.15) is 0 Å². The SMILES string of the molecule is Nc1cccc(NC(=O)Nc2ccc(S(=O)(=O)c3ccc(NC(=O)Nc4cccc(NC(=O)Oc5ccccc5)c4)cc3)cc2)c1. The molecule has 5 amide bonds. The van der Waals surface area contributed by atoms with Gasteiger partial charge in [0, 0.05) is 34.1 Å². The van der Waals surface area contributed by atoms with Crippen molar-refractivity contribution in [3.63, 3.8) is 0 Å². The fourth-order valence-corrected chi connectivity index (χ4v) is 5.45. The second-order valence-electron chi connectivity index (χ2n) is 9.74. The zero-order valence-electron chi connectivity index (χ0n) is 24.1. The number of hydrogen-bond donors (Lipinski definition) is 6. The molecule has 13 heteroatoms. The number of nitrogen functional groups attached to an aromatic ring is 1. The smallest absolute Gasteiger partial charge is 0.410 e. The van der Waals surface area contributed by atoms with Gasteiger partial charge in [0.15, 0.2) is 0 Å². The van der Waals surface area contributed by atoms with Crippen LogP contribution in [0.25, 0.3) is 0 Å². The van der Waals surface area contributed by atoms with E-state index in [4.69, 9.17) is 10.5 Å². The molecule has 0 spiro atoms. The Bertz CT molecular complexity index is 1970. The lowest BCUT2D eigenvalue weighted by molar-refractivity contribution is 0.215. The van der Waals surface area contributed by atoms with Crippen LogP contribution in [-0.4, -0.2) is 26.6 Å². The van der Waals surface area contributed by atoms with E-state index >= 15 is 0 Å². The van der Waals surface area contributed by atoms with E-state index in [1.165, 1.54) is 48.5 Å². The largest absolute Gasteiger partial charge is 0.417 e. The van der Waals surface area contributed by atoms with Crippen molar-refractivity contribution in [2.45, 2.75) is 9.79 Å². The Morgan fingerprint density at radius 1 is 0.500 bits per heavy atom. The van der Waals surface area contributed by atoms with E-state index in [0.29, 0.717) is 39.9 Å². The first-order chi connectivity index (χ1) is 22.1. The molecule has 46 heavy (non-hydrogen) atoms. The lowest BCUT2D eigenvalue weighted by atomic mass is 10.3. The number of ether oxygens (including phenoxy) is 1. The molecule has 0 radical (unpaired) electrons. The van der Waals surface area contributed by atoms with Crippen LogP contribution in [0.5, 0.6) is 5.75 Å². The van der Waals surface area contributed by atoms with E-state index in [1.807, 2.05) is 0 Å². The molecule has 0 aromatic heterocycles. The predicted molar refractivity (Wildman–Crippen MR) is 177 cm³/mol.